The molecule has 9 aromatic heterocycles. The molecule has 138 heavy (non-hydrogen) atoms. The van der Waals surface area contributed by atoms with Crippen molar-refractivity contribution in [1.29, 1.82) is 15.8 Å². The molecule has 3 amide bonds. The van der Waals surface area contributed by atoms with Gasteiger partial charge in [-0.3, -0.25) is 57.4 Å². The predicted molar refractivity (Wildman–Crippen MR) is 541 cm³/mol. The highest BCUT2D eigenvalue weighted by molar-refractivity contribution is 6.54. The fourth-order valence-corrected chi connectivity index (χ4v) is 20.1. The Morgan fingerprint density at radius 1 is 0.399 bits per heavy atom. The van der Waals surface area contributed by atoms with Gasteiger partial charge in [-0.25, -0.2) is 32.5 Å². The molecule has 714 valence electrons. The van der Waals surface area contributed by atoms with Gasteiger partial charge in [0.15, 0.2) is 23.3 Å². The van der Waals surface area contributed by atoms with Gasteiger partial charge in [0.1, 0.15) is 71.9 Å². The number of hydrogen-bond acceptors (Lipinski definition) is 21. The maximum atomic E-state index is 15.6. The van der Waals surface area contributed by atoms with Gasteiger partial charge in [0.25, 0.3) is 16.7 Å². The summed E-state index contributed by atoms with van der Waals surface area (Å²) in [5.74, 6) is -6.07. The first-order chi connectivity index (χ1) is 65.2. The number of piperazine rings is 3. The van der Waals surface area contributed by atoms with Crippen LogP contribution in [0.2, 0.25) is 55.2 Å². The number of nitrogens with two attached hydrogens (primary N) is 3. The maximum Gasteiger partial charge on any atom is 0.276 e. The van der Waals surface area contributed by atoms with Crippen molar-refractivity contribution in [2.75, 3.05) is 90.8 Å². The average Bonchev–Trinajstić information content (AvgIpc) is 0.726. The number of rotatable bonds is 15. The summed E-state index contributed by atoms with van der Waals surface area (Å²) in [7, 11) is 0. The number of nitriles is 3. The van der Waals surface area contributed by atoms with E-state index in [0.29, 0.717) is 76.0 Å². The molecule has 0 aliphatic carbocycles. The molecule has 3 aliphatic rings. The molecule has 12 heterocycles. The Bertz CT molecular complexity index is 6780. The van der Waals surface area contributed by atoms with Crippen molar-refractivity contribution in [3.63, 3.8) is 0 Å². The fourth-order valence-electron chi connectivity index (χ4n) is 17.6. The molecule has 42 heteroatoms. The van der Waals surface area contributed by atoms with Crippen molar-refractivity contribution in [1.82, 2.24) is 58.3 Å². The van der Waals surface area contributed by atoms with E-state index in [1.807, 2.05) is 83.9 Å². The Balaban J connectivity index is 0.000000175. The predicted octanol–water partition coefficient (Wildman–Crippen LogP) is 21.4. The number of hydrogen-bond donors (Lipinski definition) is 3. The molecule has 0 bridgehead atoms. The van der Waals surface area contributed by atoms with Gasteiger partial charge < -0.3 is 46.6 Å². The van der Waals surface area contributed by atoms with Gasteiger partial charge in [-0.1, -0.05) is 189 Å². The summed E-state index contributed by atoms with van der Waals surface area (Å²) in [6.45, 7) is 35.9. The first-order valence-electron chi connectivity index (χ1n) is 42.6. The number of pyridine rings is 9. The number of nitrogens with zero attached hydrogens (tertiary/aromatic N) is 18. The second-order valence-corrected chi connectivity index (χ2v) is 38.0. The number of aryl methyl sites for hydroxylation is 3. The van der Waals surface area contributed by atoms with Crippen LogP contribution < -0.4 is 48.6 Å². The van der Waals surface area contributed by atoms with Gasteiger partial charge in [0.2, 0.25) is 17.7 Å². The number of fused-ring (bicyclic) bond motifs is 3. The first-order valence-corrected chi connectivity index (χ1v) is 46.7. The number of benzene rings is 3. The molecule has 3 aromatic carbocycles. The third kappa shape index (κ3) is 18.2. The van der Waals surface area contributed by atoms with E-state index in [1.165, 1.54) is 44.1 Å². The van der Waals surface area contributed by atoms with Crippen LogP contribution in [0.25, 0.3) is 83.9 Å². The van der Waals surface area contributed by atoms with Crippen molar-refractivity contribution in [3.05, 3.63) is 253 Å². The largest absolute Gasteiger partial charge is 0.397 e. The summed E-state index contributed by atoms with van der Waals surface area (Å²) in [6.07, 6.45) is 8.62. The molecule has 3 atom stereocenters. The van der Waals surface area contributed by atoms with Crippen LogP contribution in [0.4, 0.5) is 51.7 Å². The minimum atomic E-state index is -1.24. The third-order valence-corrected chi connectivity index (χ3v) is 28.2. The molecular weight excluding hydrogens is 2010 g/mol. The highest BCUT2D eigenvalue weighted by Crippen LogP contribution is 2.52. The normalized spacial score (nSPS) is 15.0. The lowest BCUT2D eigenvalue weighted by atomic mass is 10.0. The van der Waals surface area contributed by atoms with Crippen LogP contribution in [-0.4, -0.2) is 153 Å². The van der Waals surface area contributed by atoms with Crippen LogP contribution in [-0.2, 0) is 14.4 Å². The Labute approximate surface area is 843 Å². The van der Waals surface area contributed by atoms with Gasteiger partial charge in [0.05, 0.1) is 132 Å². The van der Waals surface area contributed by atoms with E-state index in [9.17, 15) is 53.3 Å². The molecular formula is C96H84Cl11F4N21O6. The fraction of sp³-hybridized carbons (Fsp3) is 0.281. The molecule has 27 nitrogen and oxygen atoms in total. The third-order valence-electron chi connectivity index (χ3n) is 24.2. The van der Waals surface area contributed by atoms with Crippen LogP contribution in [0.15, 0.2) is 107 Å². The Hall–Kier alpha value is -12.0. The standard InChI is InChI=1S/C32H28Cl5N7O2.2C32H28Cl3F2N7O2/c1-6-20(45)43-10-9-42(13-16(43)5)30-17-11-19(33)28(21-22(34)23(35)24(36)25(37)26(21)39)41-31(17)44(32(46)18(30)12-38)29-15(4)7-8-40-27(29)14(2)3;2*1-6-20(45)43-10-9-42(13-16(43)5)30-17-11-19(33)28(21-24(36)22(34)25(37)23(35)26(21)39)41-31(17)44(32(46)18(30)12-38)29-15(4)7-8-40-27(29)14(2)3/h3*6-8,11,14,16H,1,9-10,13,39H2,2-5H3/t3*16-/m111/s1. The molecule has 15 rings (SSSR count). The summed E-state index contributed by atoms with van der Waals surface area (Å²) >= 11 is 70.2. The lowest BCUT2D eigenvalue weighted by Gasteiger charge is -2.41. The minimum Gasteiger partial charge on any atom is -0.397 e. The van der Waals surface area contributed by atoms with E-state index in [4.69, 9.17) is 160 Å². The van der Waals surface area contributed by atoms with E-state index in [-0.39, 0.29) is 212 Å². The molecule has 0 spiro atoms. The molecule has 0 unspecified atom stereocenters. The monoisotopic (exact) mass is 2090 g/mol. The van der Waals surface area contributed by atoms with E-state index >= 15 is 8.78 Å². The summed E-state index contributed by atoms with van der Waals surface area (Å²) < 4.78 is 64.1. The topological polar surface area (TPSA) is 363 Å². The molecule has 0 radical (unpaired) electrons. The second-order valence-electron chi connectivity index (χ2n) is 33.8. The van der Waals surface area contributed by atoms with Gasteiger partial charge in [-0.05, 0) is 131 Å². The number of carbonyl (C=O) groups is 3. The van der Waals surface area contributed by atoms with E-state index in [2.05, 4.69) is 52.9 Å². The SMILES string of the molecule is C=CC(=O)N1CCN(c2c(C#N)c(=O)n(-c3c(C)ccnc3C(C)C)c3nc(-c4c(N)c(Cl)c(Cl)c(Cl)c4Cl)c(Cl)cc23)C[C@H]1C.C=CC(=O)N1CCN(c2c(C#N)c(=O)n(-c3c(C)ccnc3C(C)C)c3nc(-c4c(N)c(Cl)c(F)c(Cl)c4F)c(Cl)cc23)C[C@H]1C.C=CC(=O)N1CCN(c2c(C#N)c(=O)n(-c3c(C)ccnc3C(C)C)c3nc(-c4c(N)c(Cl)c(F)c(Cl)c4F)c(Cl)cc23)C[C@H]1C. The smallest absolute Gasteiger partial charge is 0.276 e. The summed E-state index contributed by atoms with van der Waals surface area (Å²) in [6, 6.07) is 15.1. The van der Waals surface area contributed by atoms with Crippen LogP contribution in [0.5, 0.6) is 0 Å². The molecule has 3 aliphatic heterocycles. The lowest BCUT2D eigenvalue weighted by molar-refractivity contribution is -0.129. The van der Waals surface area contributed by atoms with Crippen LogP contribution >= 0.6 is 128 Å². The average molecular weight is 2090 g/mol. The van der Waals surface area contributed by atoms with Crippen molar-refractivity contribution >= 4 is 213 Å². The van der Waals surface area contributed by atoms with E-state index in [0.717, 1.165) is 5.56 Å². The minimum absolute atomic E-state index is 0.00372. The zero-order valence-corrected chi connectivity index (χ0v) is 84.1. The van der Waals surface area contributed by atoms with E-state index < -0.39 is 82.5 Å². The van der Waals surface area contributed by atoms with Crippen molar-refractivity contribution < 1.29 is 31.9 Å². The lowest BCUT2D eigenvalue weighted by Crippen LogP contribution is -2.54. The molecule has 12 aromatic rings. The Kier molecular flexibility index (Phi) is 30.9. The van der Waals surface area contributed by atoms with Gasteiger partial charge >= 0.3 is 0 Å². The number of halogens is 15. The van der Waals surface area contributed by atoms with Crippen molar-refractivity contribution in [2.45, 2.75) is 119 Å². The summed E-state index contributed by atoms with van der Waals surface area (Å²) in [5.41, 5.74) is 19.9. The van der Waals surface area contributed by atoms with Gasteiger partial charge in [0, 0.05) is 117 Å². The quantitative estimate of drug-likeness (QED) is 0.0282. The summed E-state index contributed by atoms with van der Waals surface area (Å²) in [5, 5.41) is 29.0. The zero-order chi connectivity index (χ0) is 101. The van der Waals surface area contributed by atoms with Crippen molar-refractivity contribution in [3.8, 4) is 69.0 Å². The van der Waals surface area contributed by atoms with Crippen molar-refractivity contribution in [2.24, 2.45) is 0 Å². The Morgan fingerprint density at radius 3 is 0.913 bits per heavy atom. The molecule has 0 saturated carbocycles. The number of amides is 3. The number of carbonyl (C=O) groups excluding carboxylic acids is 3. The van der Waals surface area contributed by atoms with Gasteiger partial charge in [-0.15, -0.1) is 0 Å². The molecule has 6 N–H and O–H groups in total. The van der Waals surface area contributed by atoms with Gasteiger partial charge in [-0.2, -0.15) is 15.8 Å². The first kappa shape index (κ1) is 103. The number of anilines is 6. The maximum absolute atomic E-state index is 15.6. The summed E-state index contributed by atoms with van der Waals surface area (Å²) in [4.78, 5) is 119. The highest BCUT2D eigenvalue weighted by atomic mass is 35.5. The second kappa shape index (κ2) is 41.2. The van der Waals surface area contributed by atoms with E-state index in [1.54, 1.807) is 71.4 Å². The zero-order valence-electron chi connectivity index (χ0n) is 75.8. The number of aromatic nitrogens is 9. The highest BCUT2D eigenvalue weighted by Gasteiger charge is 2.40. The van der Waals surface area contributed by atoms with Crippen LogP contribution in [0.1, 0.15) is 131 Å². The van der Waals surface area contributed by atoms with Crippen LogP contribution in [0.3, 0.4) is 0 Å². The number of nitrogen functional groups attached to an aromatic ring is 3. The Morgan fingerprint density at radius 2 is 0.659 bits per heavy atom. The molecule has 3 saturated heterocycles. The molecule has 3 fully saturated rings. The van der Waals surface area contributed by atoms with Crippen LogP contribution in [0, 0.1) is 78.0 Å².